The third kappa shape index (κ3) is 4.99. The van der Waals surface area contributed by atoms with Gasteiger partial charge in [0.2, 0.25) is 0 Å². The first kappa shape index (κ1) is 15.0. The van der Waals surface area contributed by atoms with Crippen LogP contribution in [-0.4, -0.2) is 35.6 Å². The van der Waals surface area contributed by atoms with Gasteiger partial charge in [0.25, 0.3) is 0 Å². The highest BCUT2D eigenvalue weighted by molar-refractivity contribution is 5.75. The predicted molar refractivity (Wildman–Crippen MR) is 72.7 cm³/mol. The Morgan fingerprint density at radius 1 is 1.32 bits per heavy atom. The van der Waals surface area contributed by atoms with E-state index >= 15 is 0 Å². The van der Waals surface area contributed by atoms with Gasteiger partial charge in [-0.05, 0) is 12.0 Å². The van der Waals surface area contributed by atoms with E-state index < -0.39 is 11.9 Å². The van der Waals surface area contributed by atoms with Gasteiger partial charge in [0, 0.05) is 20.1 Å². The van der Waals surface area contributed by atoms with Crippen molar-refractivity contribution in [2.45, 2.75) is 19.9 Å². The van der Waals surface area contributed by atoms with E-state index in [4.69, 9.17) is 5.11 Å². The summed E-state index contributed by atoms with van der Waals surface area (Å²) in [4.78, 5) is 24.2. The zero-order chi connectivity index (χ0) is 14.3. The number of urea groups is 1. The molecule has 0 bridgehead atoms. The van der Waals surface area contributed by atoms with Crippen LogP contribution in [0.1, 0.15) is 18.9 Å². The summed E-state index contributed by atoms with van der Waals surface area (Å²) in [5.41, 5.74) is 1.03. The van der Waals surface area contributed by atoms with Gasteiger partial charge in [0.05, 0.1) is 5.92 Å². The predicted octanol–water partition coefficient (Wildman–Crippen LogP) is 1.94. The van der Waals surface area contributed by atoms with Crippen molar-refractivity contribution in [2.24, 2.45) is 5.92 Å². The molecule has 0 aliphatic rings. The number of hydrogen-bond acceptors (Lipinski definition) is 2. The average Bonchev–Trinajstić information content (AvgIpc) is 2.39. The molecule has 5 nitrogen and oxygen atoms in total. The fraction of sp³-hybridized carbons (Fsp3) is 0.429. The second kappa shape index (κ2) is 7.41. The number of carboxylic acid groups (broad SMARTS) is 1. The largest absolute Gasteiger partial charge is 0.481 e. The molecule has 0 fully saturated rings. The van der Waals surface area contributed by atoms with Gasteiger partial charge < -0.3 is 15.3 Å². The van der Waals surface area contributed by atoms with Crippen LogP contribution in [0.25, 0.3) is 0 Å². The molecule has 5 heteroatoms. The lowest BCUT2D eigenvalue weighted by atomic mass is 10.1. The summed E-state index contributed by atoms with van der Waals surface area (Å²) < 4.78 is 0. The topological polar surface area (TPSA) is 69.6 Å². The average molecular weight is 264 g/mol. The number of benzene rings is 1. The molecule has 0 saturated heterocycles. The second-order valence-corrected chi connectivity index (χ2v) is 4.47. The first-order valence-electron chi connectivity index (χ1n) is 6.30. The number of aliphatic carboxylic acids is 1. The van der Waals surface area contributed by atoms with Gasteiger partial charge in [-0.15, -0.1) is 0 Å². The molecule has 2 N–H and O–H groups in total. The van der Waals surface area contributed by atoms with Crippen molar-refractivity contribution < 1.29 is 14.7 Å². The lowest BCUT2D eigenvalue weighted by Gasteiger charge is -2.19. The Labute approximate surface area is 113 Å². The number of amides is 2. The lowest BCUT2D eigenvalue weighted by molar-refractivity contribution is -0.141. The summed E-state index contributed by atoms with van der Waals surface area (Å²) in [6, 6.07) is 9.37. The molecule has 0 heterocycles. The van der Waals surface area contributed by atoms with E-state index in [1.54, 1.807) is 14.0 Å². The Hall–Kier alpha value is -2.04. The van der Waals surface area contributed by atoms with Gasteiger partial charge in [-0.2, -0.15) is 0 Å². The van der Waals surface area contributed by atoms with E-state index in [-0.39, 0.29) is 12.6 Å². The first-order valence-corrected chi connectivity index (χ1v) is 6.30. The molecular formula is C14H20N2O3. The van der Waals surface area contributed by atoms with Crippen molar-refractivity contribution in [1.82, 2.24) is 10.2 Å². The fourth-order valence-corrected chi connectivity index (χ4v) is 1.68. The molecule has 1 unspecified atom stereocenters. The van der Waals surface area contributed by atoms with Gasteiger partial charge >= 0.3 is 12.0 Å². The zero-order valence-electron chi connectivity index (χ0n) is 11.3. The Morgan fingerprint density at radius 2 is 1.95 bits per heavy atom. The summed E-state index contributed by atoms with van der Waals surface area (Å²) in [7, 11) is 1.68. The van der Waals surface area contributed by atoms with Crippen molar-refractivity contribution in [2.75, 3.05) is 13.6 Å². The van der Waals surface area contributed by atoms with Crippen molar-refractivity contribution in [3.8, 4) is 0 Å². The summed E-state index contributed by atoms with van der Waals surface area (Å²) >= 11 is 0. The highest BCUT2D eigenvalue weighted by atomic mass is 16.4. The van der Waals surface area contributed by atoms with Crippen LogP contribution in [0.5, 0.6) is 0 Å². The van der Waals surface area contributed by atoms with Crippen molar-refractivity contribution in [3.05, 3.63) is 35.9 Å². The standard InChI is InChI=1S/C14H20N2O3/c1-3-12(13(17)18)9-15-14(19)16(2)10-11-7-5-4-6-8-11/h4-8,12H,3,9-10H2,1-2H3,(H,15,19)(H,17,18). The summed E-state index contributed by atoms with van der Waals surface area (Å²) in [5, 5.41) is 11.5. The second-order valence-electron chi connectivity index (χ2n) is 4.47. The molecule has 1 atom stereocenters. The van der Waals surface area contributed by atoms with E-state index in [0.29, 0.717) is 13.0 Å². The highest BCUT2D eigenvalue weighted by Gasteiger charge is 2.17. The zero-order valence-corrected chi connectivity index (χ0v) is 11.3. The van der Waals surface area contributed by atoms with Crippen LogP contribution < -0.4 is 5.32 Å². The Balaban J connectivity index is 2.43. The SMILES string of the molecule is CCC(CNC(=O)N(C)Cc1ccccc1)C(=O)O. The molecule has 1 aromatic carbocycles. The molecule has 0 aliphatic heterocycles. The van der Waals surface area contributed by atoms with Crippen LogP contribution in [0, 0.1) is 5.92 Å². The van der Waals surface area contributed by atoms with Crippen LogP contribution in [0.3, 0.4) is 0 Å². The molecule has 0 spiro atoms. The van der Waals surface area contributed by atoms with Crippen LogP contribution in [0.15, 0.2) is 30.3 Å². The van der Waals surface area contributed by atoms with E-state index in [1.165, 1.54) is 4.90 Å². The Morgan fingerprint density at radius 3 is 2.47 bits per heavy atom. The van der Waals surface area contributed by atoms with E-state index in [1.807, 2.05) is 30.3 Å². The molecular weight excluding hydrogens is 244 g/mol. The maximum absolute atomic E-state index is 11.8. The van der Waals surface area contributed by atoms with Gasteiger partial charge in [0.15, 0.2) is 0 Å². The minimum atomic E-state index is -0.881. The monoisotopic (exact) mass is 264 g/mol. The Bertz CT molecular complexity index is 420. The Kier molecular flexibility index (Phi) is 5.85. The molecule has 0 saturated carbocycles. The van der Waals surface area contributed by atoms with Crippen molar-refractivity contribution in [1.29, 1.82) is 0 Å². The minimum Gasteiger partial charge on any atom is -0.481 e. The number of carboxylic acids is 1. The van der Waals surface area contributed by atoms with E-state index in [9.17, 15) is 9.59 Å². The number of nitrogens with zero attached hydrogens (tertiary/aromatic N) is 1. The number of nitrogens with one attached hydrogen (secondary N) is 1. The third-order valence-corrected chi connectivity index (χ3v) is 2.95. The summed E-state index contributed by atoms with van der Waals surface area (Å²) in [6.07, 6.45) is 0.498. The fourth-order valence-electron chi connectivity index (χ4n) is 1.68. The molecule has 19 heavy (non-hydrogen) atoms. The lowest BCUT2D eigenvalue weighted by Crippen LogP contribution is -2.40. The quantitative estimate of drug-likeness (QED) is 0.825. The number of rotatable bonds is 6. The smallest absolute Gasteiger partial charge is 0.317 e. The molecule has 2 amide bonds. The third-order valence-electron chi connectivity index (χ3n) is 2.95. The summed E-state index contributed by atoms with van der Waals surface area (Å²) in [5.74, 6) is -1.41. The van der Waals surface area contributed by atoms with Crippen LogP contribution >= 0.6 is 0 Å². The molecule has 0 aromatic heterocycles. The highest BCUT2D eigenvalue weighted by Crippen LogP contribution is 2.04. The van der Waals surface area contributed by atoms with E-state index in [2.05, 4.69) is 5.32 Å². The van der Waals surface area contributed by atoms with Gasteiger partial charge in [-0.1, -0.05) is 37.3 Å². The molecule has 0 radical (unpaired) electrons. The molecule has 0 aliphatic carbocycles. The van der Waals surface area contributed by atoms with Gasteiger partial charge in [-0.3, -0.25) is 4.79 Å². The molecule has 1 aromatic rings. The van der Waals surface area contributed by atoms with Crippen LogP contribution in [0.2, 0.25) is 0 Å². The van der Waals surface area contributed by atoms with Crippen LogP contribution in [-0.2, 0) is 11.3 Å². The van der Waals surface area contributed by atoms with Crippen molar-refractivity contribution in [3.63, 3.8) is 0 Å². The maximum atomic E-state index is 11.8. The van der Waals surface area contributed by atoms with Crippen molar-refractivity contribution >= 4 is 12.0 Å². The van der Waals surface area contributed by atoms with E-state index in [0.717, 1.165) is 5.56 Å². The number of hydrogen-bond donors (Lipinski definition) is 2. The summed E-state index contributed by atoms with van der Waals surface area (Å²) in [6.45, 7) is 2.44. The molecule has 104 valence electrons. The normalized spacial score (nSPS) is 11.7. The number of carbonyl (C=O) groups excluding carboxylic acids is 1. The van der Waals surface area contributed by atoms with Gasteiger partial charge in [0.1, 0.15) is 0 Å². The molecule has 1 rings (SSSR count). The van der Waals surface area contributed by atoms with Crippen LogP contribution in [0.4, 0.5) is 4.79 Å². The maximum Gasteiger partial charge on any atom is 0.317 e. The number of carbonyl (C=O) groups is 2. The van der Waals surface area contributed by atoms with Gasteiger partial charge in [-0.25, -0.2) is 4.79 Å². The first-order chi connectivity index (χ1) is 9.04. The minimum absolute atomic E-state index is 0.157.